The van der Waals surface area contributed by atoms with E-state index in [2.05, 4.69) is 6.92 Å². The molecule has 0 radical (unpaired) electrons. The Hall–Kier alpha value is -1.42. The Labute approximate surface area is 113 Å². The summed E-state index contributed by atoms with van der Waals surface area (Å²) in [7, 11) is 1.35. The number of nitrogens with zero attached hydrogens (tertiary/aromatic N) is 1. The number of rotatable bonds is 5. The molecule has 18 heavy (non-hydrogen) atoms. The maximum Gasteiger partial charge on any atom is 0.340 e. The number of nitrogens with two attached hydrogens (primary N) is 1. The first-order valence-electron chi connectivity index (χ1n) is 5.97. The Bertz CT molecular complexity index is 435. The van der Waals surface area contributed by atoms with Crippen LogP contribution in [0.5, 0.6) is 0 Å². The molecule has 0 atom stereocenters. The minimum atomic E-state index is -0.422. The van der Waals surface area contributed by atoms with Crippen molar-refractivity contribution in [3.8, 4) is 0 Å². The van der Waals surface area contributed by atoms with Gasteiger partial charge in [0.2, 0.25) is 0 Å². The van der Waals surface area contributed by atoms with Crippen molar-refractivity contribution in [3.63, 3.8) is 0 Å². The molecule has 4 nitrogen and oxygen atoms in total. The van der Waals surface area contributed by atoms with Gasteiger partial charge in [-0.15, -0.1) is 0 Å². The predicted molar refractivity (Wildman–Crippen MR) is 75.4 cm³/mol. The second-order valence-corrected chi connectivity index (χ2v) is 4.38. The van der Waals surface area contributed by atoms with E-state index in [-0.39, 0.29) is 0 Å². The van der Waals surface area contributed by atoms with Crippen LogP contribution in [0, 0.1) is 0 Å². The van der Waals surface area contributed by atoms with Crippen LogP contribution >= 0.6 is 11.6 Å². The summed E-state index contributed by atoms with van der Waals surface area (Å²) in [4.78, 5) is 13.8. The lowest BCUT2D eigenvalue weighted by molar-refractivity contribution is 0.0601. The van der Waals surface area contributed by atoms with Crippen LogP contribution in [0.2, 0.25) is 5.02 Å². The zero-order valence-corrected chi connectivity index (χ0v) is 11.8. The first kappa shape index (κ1) is 14.6. The molecule has 0 spiro atoms. The lowest BCUT2D eigenvalue weighted by Crippen LogP contribution is -2.26. The van der Waals surface area contributed by atoms with Gasteiger partial charge in [0, 0.05) is 18.8 Å². The first-order valence-corrected chi connectivity index (χ1v) is 6.35. The molecule has 0 aliphatic rings. The molecule has 5 heteroatoms. The van der Waals surface area contributed by atoms with Gasteiger partial charge in [-0.3, -0.25) is 0 Å². The third kappa shape index (κ3) is 3.07. The zero-order valence-electron chi connectivity index (χ0n) is 11.0. The Morgan fingerprint density at radius 3 is 2.61 bits per heavy atom. The van der Waals surface area contributed by atoms with E-state index in [0.717, 1.165) is 19.5 Å². The SMILES string of the molecule is CCCN(CC)c1c(Cl)cc(N)cc1C(=O)OC. The fourth-order valence-electron chi connectivity index (χ4n) is 1.90. The van der Waals surface area contributed by atoms with Crippen LogP contribution < -0.4 is 10.6 Å². The fourth-order valence-corrected chi connectivity index (χ4v) is 2.25. The topological polar surface area (TPSA) is 55.6 Å². The molecule has 0 aliphatic carbocycles. The highest BCUT2D eigenvalue weighted by Crippen LogP contribution is 2.33. The third-order valence-corrected chi connectivity index (χ3v) is 2.97. The zero-order chi connectivity index (χ0) is 13.7. The molecule has 0 unspecified atom stereocenters. The van der Waals surface area contributed by atoms with E-state index < -0.39 is 5.97 Å². The van der Waals surface area contributed by atoms with E-state index in [1.54, 1.807) is 12.1 Å². The molecular formula is C13H19ClN2O2. The number of hydrogen-bond donors (Lipinski definition) is 1. The number of carbonyl (C=O) groups excluding carboxylic acids is 1. The molecule has 0 saturated heterocycles. The number of hydrogen-bond acceptors (Lipinski definition) is 4. The summed E-state index contributed by atoms with van der Waals surface area (Å²) in [5.41, 5.74) is 7.29. The number of halogens is 1. The quantitative estimate of drug-likeness (QED) is 0.660. The third-order valence-electron chi connectivity index (χ3n) is 2.68. The normalized spacial score (nSPS) is 10.2. The van der Waals surface area contributed by atoms with Crippen molar-refractivity contribution in [3.05, 3.63) is 22.7 Å². The van der Waals surface area contributed by atoms with Crippen molar-refractivity contribution < 1.29 is 9.53 Å². The highest BCUT2D eigenvalue weighted by atomic mass is 35.5. The monoisotopic (exact) mass is 270 g/mol. The highest BCUT2D eigenvalue weighted by molar-refractivity contribution is 6.34. The van der Waals surface area contributed by atoms with Gasteiger partial charge < -0.3 is 15.4 Å². The average Bonchev–Trinajstić information content (AvgIpc) is 2.35. The summed E-state index contributed by atoms with van der Waals surface area (Å²) >= 11 is 6.22. The summed E-state index contributed by atoms with van der Waals surface area (Å²) < 4.78 is 4.78. The van der Waals surface area contributed by atoms with Crippen LogP contribution in [0.4, 0.5) is 11.4 Å². The maximum atomic E-state index is 11.8. The van der Waals surface area contributed by atoms with Crippen molar-refractivity contribution in [2.75, 3.05) is 30.8 Å². The first-order chi connectivity index (χ1) is 8.54. The van der Waals surface area contributed by atoms with E-state index in [1.807, 2.05) is 11.8 Å². The molecule has 0 aromatic heterocycles. The number of methoxy groups -OCH3 is 1. The van der Waals surface area contributed by atoms with Crippen molar-refractivity contribution in [1.82, 2.24) is 0 Å². The smallest absolute Gasteiger partial charge is 0.340 e. The van der Waals surface area contributed by atoms with Crippen LogP contribution in [0.3, 0.4) is 0 Å². The van der Waals surface area contributed by atoms with Crippen LogP contribution in [0.25, 0.3) is 0 Å². The van der Waals surface area contributed by atoms with E-state index in [9.17, 15) is 4.79 Å². The second kappa shape index (κ2) is 6.50. The standard InChI is InChI=1S/C13H19ClN2O2/c1-4-6-16(5-2)12-10(13(17)18-3)7-9(15)8-11(12)14/h7-8H,4-6,15H2,1-3H3. The summed E-state index contributed by atoms with van der Waals surface area (Å²) in [5.74, 6) is -0.422. The molecule has 0 fully saturated rings. The van der Waals surface area contributed by atoms with Gasteiger partial charge in [0.15, 0.2) is 0 Å². The molecular weight excluding hydrogens is 252 g/mol. The highest BCUT2D eigenvalue weighted by Gasteiger charge is 2.20. The minimum absolute atomic E-state index is 0.415. The maximum absolute atomic E-state index is 11.8. The Kier molecular flexibility index (Phi) is 5.28. The summed E-state index contributed by atoms with van der Waals surface area (Å²) in [5, 5.41) is 0.478. The van der Waals surface area contributed by atoms with E-state index in [0.29, 0.717) is 22.0 Å². The van der Waals surface area contributed by atoms with Crippen molar-refractivity contribution in [2.45, 2.75) is 20.3 Å². The molecule has 2 N–H and O–H groups in total. The van der Waals surface area contributed by atoms with Gasteiger partial charge in [0.1, 0.15) is 0 Å². The van der Waals surface area contributed by atoms with Crippen molar-refractivity contribution in [1.29, 1.82) is 0 Å². The number of anilines is 2. The van der Waals surface area contributed by atoms with Gasteiger partial charge in [0.25, 0.3) is 0 Å². The Morgan fingerprint density at radius 1 is 1.44 bits per heavy atom. The largest absolute Gasteiger partial charge is 0.465 e. The minimum Gasteiger partial charge on any atom is -0.465 e. The van der Waals surface area contributed by atoms with Crippen LogP contribution in [-0.4, -0.2) is 26.2 Å². The number of esters is 1. The number of benzene rings is 1. The van der Waals surface area contributed by atoms with Crippen LogP contribution in [0.1, 0.15) is 30.6 Å². The molecule has 0 bridgehead atoms. The molecule has 1 aromatic rings. The molecule has 0 aliphatic heterocycles. The molecule has 0 saturated carbocycles. The summed E-state index contributed by atoms with van der Waals surface area (Å²) in [6.45, 7) is 5.68. The van der Waals surface area contributed by atoms with Crippen LogP contribution in [0.15, 0.2) is 12.1 Å². The van der Waals surface area contributed by atoms with Gasteiger partial charge in [-0.1, -0.05) is 18.5 Å². The number of ether oxygens (including phenoxy) is 1. The van der Waals surface area contributed by atoms with Crippen molar-refractivity contribution in [2.24, 2.45) is 0 Å². The second-order valence-electron chi connectivity index (χ2n) is 3.97. The predicted octanol–water partition coefficient (Wildman–Crippen LogP) is 2.95. The van der Waals surface area contributed by atoms with Gasteiger partial charge in [-0.25, -0.2) is 4.79 Å². The molecule has 1 rings (SSSR count). The Morgan fingerprint density at radius 2 is 2.11 bits per heavy atom. The molecule has 1 aromatic carbocycles. The number of nitrogen functional groups attached to an aromatic ring is 1. The average molecular weight is 271 g/mol. The summed E-state index contributed by atoms with van der Waals surface area (Å²) in [6, 6.07) is 3.26. The van der Waals surface area contributed by atoms with E-state index >= 15 is 0 Å². The molecule has 100 valence electrons. The van der Waals surface area contributed by atoms with Crippen LogP contribution in [-0.2, 0) is 4.74 Å². The van der Waals surface area contributed by atoms with E-state index in [1.165, 1.54) is 7.11 Å². The molecule has 0 heterocycles. The van der Waals surface area contributed by atoms with Gasteiger partial charge in [0.05, 0.1) is 23.4 Å². The molecule has 0 amide bonds. The lowest BCUT2D eigenvalue weighted by atomic mass is 10.1. The summed E-state index contributed by atoms with van der Waals surface area (Å²) in [6.07, 6.45) is 0.967. The van der Waals surface area contributed by atoms with Gasteiger partial charge in [-0.05, 0) is 25.5 Å². The van der Waals surface area contributed by atoms with E-state index in [4.69, 9.17) is 22.1 Å². The number of carbonyl (C=O) groups is 1. The van der Waals surface area contributed by atoms with Crippen molar-refractivity contribution >= 4 is 28.9 Å². The van der Waals surface area contributed by atoms with Gasteiger partial charge >= 0.3 is 5.97 Å². The Balaban J connectivity index is 3.34. The lowest BCUT2D eigenvalue weighted by Gasteiger charge is -2.26. The van der Waals surface area contributed by atoms with Gasteiger partial charge in [-0.2, -0.15) is 0 Å². The fraction of sp³-hybridized carbons (Fsp3) is 0.462.